The van der Waals surface area contributed by atoms with Crippen LogP contribution in [0.15, 0.2) is 50.8 Å². The smallest absolute Gasteiger partial charge is 0.258 e. The summed E-state index contributed by atoms with van der Waals surface area (Å²) in [4.78, 5) is 15.2. The second-order valence-electron chi connectivity index (χ2n) is 3.28. The Hall–Kier alpha value is -1.11. The first-order chi connectivity index (χ1) is 8.56. The third-order valence-corrected chi connectivity index (χ3v) is 4.16. The Morgan fingerprint density at radius 2 is 2.06 bits per heavy atom. The SMILES string of the molecule is O=[N+]([O-])c1cc(Cl)nc(Sc2ccccc2Br)c1. The zero-order valence-corrected chi connectivity index (χ0v) is 12.0. The average Bonchev–Trinajstić information content (AvgIpc) is 2.31. The van der Waals surface area contributed by atoms with Gasteiger partial charge in [-0.2, -0.15) is 0 Å². The minimum Gasteiger partial charge on any atom is -0.258 e. The van der Waals surface area contributed by atoms with Gasteiger partial charge >= 0.3 is 0 Å². The van der Waals surface area contributed by atoms with Crippen LogP contribution < -0.4 is 0 Å². The summed E-state index contributed by atoms with van der Waals surface area (Å²) in [5, 5.41) is 11.3. The molecule has 0 fully saturated rings. The summed E-state index contributed by atoms with van der Waals surface area (Å²) in [6.45, 7) is 0. The molecule has 0 spiro atoms. The second-order valence-corrected chi connectivity index (χ2v) is 5.58. The van der Waals surface area contributed by atoms with E-state index in [2.05, 4.69) is 20.9 Å². The Labute approximate surface area is 121 Å². The number of rotatable bonds is 3. The lowest BCUT2D eigenvalue weighted by molar-refractivity contribution is -0.385. The standard InChI is InChI=1S/C11H6BrClN2O2S/c12-8-3-1-2-4-9(8)18-11-6-7(15(16)17)5-10(13)14-11/h1-6H. The third-order valence-electron chi connectivity index (χ3n) is 2.02. The van der Waals surface area contributed by atoms with E-state index in [0.717, 1.165) is 9.37 Å². The fourth-order valence-corrected chi connectivity index (χ4v) is 2.90. The maximum Gasteiger partial charge on any atom is 0.275 e. The topological polar surface area (TPSA) is 56.0 Å². The number of nitro groups is 1. The maximum absolute atomic E-state index is 10.7. The lowest BCUT2D eigenvalue weighted by atomic mass is 10.4. The van der Waals surface area contributed by atoms with Crippen LogP contribution in [-0.2, 0) is 0 Å². The van der Waals surface area contributed by atoms with Crippen LogP contribution in [0.1, 0.15) is 0 Å². The molecule has 0 radical (unpaired) electrons. The van der Waals surface area contributed by atoms with E-state index in [-0.39, 0.29) is 10.8 Å². The molecule has 0 N–H and O–H groups in total. The summed E-state index contributed by atoms with van der Waals surface area (Å²) in [6, 6.07) is 10.2. The van der Waals surface area contributed by atoms with Crippen molar-refractivity contribution in [2.24, 2.45) is 0 Å². The summed E-state index contributed by atoms with van der Waals surface area (Å²) in [5.74, 6) is 0. The molecule has 0 aliphatic heterocycles. The molecule has 1 heterocycles. The number of benzene rings is 1. The van der Waals surface area contributed by atoms with Crippen molar-refractivity contribution >= 4 is 45.0 Å². The molecule has 0 bridgehead atoms. The Morgan fingerprint density at radius 3 is 2.72 bits per heavy atom. The van der Waals surface area contributed by atoms with Crippen LogP contribution in [0.2, 0.25) is 5.15 Å². The van der Waals surface area contributed by atoms with Crippen LogP contribution in [0.3, 0.4) is 0 Å². The second kappa shape index (κ2) is 5.69. The van der Waals surface area contributed by atoms with Gasteiger partial charge in [-0.1, -0.05) is 35.5 Å². The molecule has 0 amide bonds. The molecule has 0 aliphatic carbocycles. The van der Waals surface area contributed by atoms with Crippen molar-refractivity contribution in [1.29, 1.82) is 0 Å². The molecular weight excluding hydrogens is 340 g/mol. The first kappa shape index (κ1) is 13.3. The molecule has 2 rings (SSSR count). The molecule has 0 saturated carbocycles. The van der Waals surface area contributed by atoms with Crippen molar-refractivity contribution in [2.75, 3.05) is 0 Å². The van der Waals surface area contributed by atoms with Crippen molar-refractivity contribution in [3.63, 3.8) is 0 Å². The van der Waals surface area contributed by atoms with Crippen LogP contribution in [-0.4, -0.2) is 9.91 Å². The van der Waals surface area contributed by atoms with Gasteiger partial charge in [-0.05, 0) is 28.1 Å². The van der Waals surface area contributed by atoms with Crippen LogP contribution in [0.25, 0.3) is 0 Å². The highest BCUT2D eigenvalue weighted by Crippen LogP contribution is 2.34. The predicted molar refractivity (Wildman–Crippen MR) is 74.2 cm³/mol. The Kier molecular flexibility index (Phi) is 4.21. The first-order valence-electron chi connectivity index (χ1n) is 4.80. The summed E-state index contributed by atoms with van der Waals surface area (Å²) in [5.41, 5.74) is -0.0652. The summed E-state index contributed by atoms with van der Waals surface area (Å²) in [7, 11) is 0. The predicted octanol–water partition coefficient (Wildman–Crippen LogP) is 4.56. The third kappa shape index (κ3) is 3.22. The van der Waals surface area contributed by atoms with E-state index < -0.39 is 4.92 Å². The highest BCUT2D eigenvalue weighted by atomic mass is 79.9. The van der Waals surface area contributed by atoms with Crippen LogP contribution in [0.5, 0.6) is 0 Å². The molecule has 7 heteroatoms. The molecule has 4 nitrogen and oxygen atoms in total. The van der Waals surface area contributed by atoms with E-state index in [4.69, 9.17) is 11.6 Å². The van der Waals surface area contributed by atoms with Gasteiger partial charge < -0.3 is 0 Å². The summed E-state index contributed by atoms with van der Waals surface area (Å²) >= 11 is 10.5. The van der Waals surface area contributed by atoms with Crippen LogP contribution in [0.4, 0.5) is 5.69 Å². The van der Waals surface area contributed by atoms with E-state index in [1.165, 1.54) is 23.9 Å². The highest BCUT2D eigenvalue weighted by Gasteiger charge is 2.12. The molecule has 0 unspecified atom stereocenters. The average molecular weight is 346 g/mol. The lowest BCUT2D eigenvalue weighted by Crippen LogP contribution is -1.90. The van der Waals surface area contributed by atoms with Gasteiger partial charge in [0.25, 0.3) is 5.69 Å². The fourth-order valence-electron chi connectivity index (χ4n) is 1.26. The van der Waals surface area contributed by atoms with E-state index in [0.29, 0.717) is 5.03 Å². The Bertz CT molecular complexity index is 609. The van der Waals surface area contributed by atoms with Gasteiger partial charge in [-0.25, -0.2) is 4.98 Å². The van der Waals surface area contributed by atoms with Crippen molar-refractivity contribution < 1.29 is 4.92 Å². The first-order valence-corrected chi connectivity index (χ1v) is 6.79. The van der Waals surface area contributed by atoms with E-state index in [9.17, 15) is 10.1 Å². The largest absolute Gasteiger partial charge is 0.275 e. The molecule has 2 aromatic rings. The van der Waals surface area contributed by atoms with Crippen molar-refractivity contribution in [1.82, 2.24) is 4.98 Å². The minimum atomic E-state index is -0.488. The molecule has 18 heavy (non-hydrogen) atoms. The van der Waals surface area contributed by atoms with E-state index in [1.807, 2.05) is 24.3 Å². The fraction of sp³-hybridized carbons (Fsp3) is 0. The normalized spacial score (nSPS) is 10.3. The molecule has 92 valence electrons. The summed E-state index contributed by atoms with van der Waals surface area (Å²) in [6.07, 6.45) is 0. The monoisotopic (exact) mass is 344 g/mol. The van der Waals surface area contributed by atoms with Gasteiger partial charge in [0.2, 0.25) is 0 Å². The molecule has 1 aromatic heterocycles. The van der Waals surface area contributed by atoms with Gasteiger partial charge in [-0.3, -0.25) is 10.1 Å². The Balaban J connectivity index is 2.35. The van der Waals surface area contributed by atoms with Gasteiger partial charge in [-0.15, -0.1) is 0 Å². The van der Waals surface area contributed by atoms with Gasteiger partial charge in [0.15, 0.2) is 0 Å². The molecule has 0 saturated heterocycles. The number of aromatic nitrogens is 1. The molecule has 0 aliphatic rings. The number of nitrogens with zero attached hydrogens (tertiary/aromatic N) is 2. The number of pyridine rings is 1. The Morgan fingerprint density at radius 1 is 1.33 bits per heavy atom. The molecule has 1 aromatic carbocycles. The van der Waals surface area contributed by atoms with E-state index >= 15 is 0 Å². The highest BCUT2D eigenvalue weighted by molar-refractivity contribution is 9.10. The van der Waals surface area contributed by atoms with Gasteiger partial charge in [0.05, 0.1) is 11.0 Å². The van der Waals surface area contributed by atoms with E-state index in [1.54, 1.807) is 0 Å². The number of hydrogen-bond acceptors (Lipinski definition) is 4. The quantitative estimate of drug-likeness (QED) is 0.465. The van der Waals surface area contributed by atoms with Gasteiger partial charge in [0, 0.05) is 15.4 Å². The number of halogens is 2. The van der Waals surface area contributed by atoms with Crippen LogP contribution >= 0.6 is 39.3 Å². The van der Waals surface area contributed by atoms with Crippen molar-refractivity contribution in [3.05, 3.63) is 56.1 Å². The zero-order valence-electron chi connectivity index (χ0n) is 8.84. The van der Waals surface area contributed by atoms with Crippen molar-refractivity contribution in [2.45, 2.75) is 9.92 Å². The maximum atomic E-state index is 10.7. The molecular formula is C11H6BrClN2O2S. The summed E-state index contributed by atoms with van der Waals surface area (Å²) < 4.78 is 0.902. The van der Waals surface area contributed by atoms with Crippen LogP contribution in [0, 0.1) is 10.1 Å². The zero-order chi connectivity index (χ0) is 13.1. The molecule has 0 atom stereocenters. The lowest BCUT2D eigenvalue weighted by Gasteiger charge is -2.03. The van der Waals surface area contributed by atoms with Gasteiger partial charge in [0.1, 0.15) is 10.2 Å². The minimum absolute atomic E-state index is 0.0652. The number of hydrogen-bond donors (Lipinski definition) is 0. The van der Waals surface area contributed by atoms with Crippen molar-refractivity contribution in [3.8, 4) is 0 Å².